The SMILES string of the molecule is CCCNC(=O)C(C)NCc1cccc(OC)c1OC. The van der Waals surface area contributed by atoms with Crippen LogP contribution in [-0.2, 0) is 11.3 Å². The molecule has 1 aromatic rings. The van der Waals surface area contributed by atoms with Crippen molar-refractivity contribution in [3.8, 4) is 11.5 Å². The fourth-order valence-electron chi connectivity index (χ4n) is 1.85. The number of carbonyl (C=O) groups is 1. The van der Waals surface area contributed by atoms with Crippen LogP contribution in [0.3, 0.4) is 0 Å². The predicted octanol–water partition coefficient (Wildman–Crippen LogP) is 1.71. The Balaban J connectivity index is 2.63. The second-order valence-electron chi connectivity index (χ2n) is 4.55. The summed E-state index contributed by atoms with van der Waals surface area (Å²) in [5.74, 6) is 1.40. The van der Waals surface area contributed by atoms with Gasteiger partial charge in [0.05, 0.1) is 20.3 Å². The first-order valence-electron chi connectivity index (χ1n) is 6.85. The number of para-hydroxylation sites is 1. The van der Waals surface area contributed by atoms with Crippen LogP contribution >= 0.6 is 0 Å². The molecule has 20 heavy (non-hydrogen) atoms. The Morgan fingerprint density at radius 3 is 2.65 bits per heavy atom. The quantitative estimate of drug-likeness (QED) is 0.761. The summed E-state index contributed by atoms with van der Waals surface area (Å²) in [6.45, 7) is 5.12. The number of hydrogen-bond donors (Lipinski definition) is 2. The maximum atomic E-state index is 11.8. The molecule has 5 heteroatoms. The van der Waals surface area contributed by atoms with Crippen LogP contribution in [0.1, 0.15) is 25.8 Å². The Hall–Kier alpha value is -1.75. The largest absolute Gasteiger partial charge is 0.493 e. The van der Waals surface area contributed by atoms with Crippen LogP contribution in [0, 0.1) is 0 Å². The summed E-state index contributed by atoms with van der Waals surface area (Å²) in [4.78, 5) is 11.8. The Morgan fingerprint density at radius 2 is 2.05 bits per heavy atom. The van der Waals surface area contributed by atoms with Crippen LogP contribution in [0.2, 0.25) is 0 Å². The first-order valence-corrected chi connectivity index (χ1v) is 6.85. The van der Waals surface area contributed by atoms with Gasteiger partial charge in [0.1, 0.15) is 0 Å². The Kier molecular flexibility index (Phi) is 6.87. The maximum absolute atomic E-state index is 11.8. The van der Waals surface area contributed by atoms with Crippen molar-refractivity contribution in [3.63, 3.8) is 0 Å². The van der Waals surface area contributed by atoms with Gasteiger partial charge in [-0.05, 0) is 19.4 Å². The molecule has 1 rings (SSSR count). The smallest absolute Gasteiger partial charge is 0.236 e. The zero-order chi connectivity index (χ0) is 15.0. The molecule has 0 spiro atoms. The normalized spacial score (nSPS) is 11.8. The zero-order valence-corrected chi connectivity index (χ0v) is 12.7. The predicted molar refractivity (Wildman–Crippen MR) is 79.1 cm³/mol. The lowest BCUT2D eigenvalue weighted by atomic mass is 10.1. The van der Waals surface area contributed by atoms with Gasteiger partial charge in [-0.2, -0.15) is 0 Å². The van der Waals surface area contributed by atoms with Gasteiger partial charge < -0.3 is 20.1 Å². The highest BCUT2D eigenvalue weighted by Gasteiger charge is 2.14. The second-order valence-corrected chi connectivity index (χ2v) is 4.55. The van der Waals surface area contributed by atoms with E-state index in [-0.39, 0.29) is 11.9 Å². The molecule has 1 amide bonds. The average molecular weight is 280 g/mol. The van der Waals surface area contributed by atoms with E-state index >= 15 is 0 Å². The molecule has 0 bridgehead atoms. The number of methoxy groups -OCH3 is 2. The molecule has 0 aliphatic heterocycles. The monoisotopic (exact) mass is 280 g/mol. The van der Waals surface area contributed by atoms with Gasteiger partial charge in [0.2, 0.25) is 5.91 Å². The van der Waals surface area contributed by atoms with E-state index in [1.54, 1.807) is 14.2 Å². The van der Waals surface area contributed by atoms with Crippen molar-refractivity contribution in [2.75, 3.05) is 20.8 Å². The van der Waals surface area contributed by atoms with Gasteiger partial charge in [-0.25, -0.2) is 0 Å². The molecule has 0 aliphatic carbocycles. The minimum absolute atomic E-state index is 0.00807. The van der Waals surface area contributed by atoms with Crippen molar-refractivity contribution < 1.29 is 14.3 Å². The summed E-state index contributed by atoms with van der Waals surface area (Å²) in [7, 11) is 3.22. The molecule has 0 fully saturated rings. The fourth-order valence-corrected chi connectivity index (χ4v) is 1.85. The Labute approximate surface area is 120 Å². The van der Waals surface area contributed by atoms with Crippen molar-refractivity contribution in [2.24, 2.45) is 0 Å². The molecular formula is C15H24N2O3. The van der Waals surface area contributed by atoms with Gasteiger partial charge in [0.15, 0.2) is 11.5 Å². The summed E-state index contributed by atoms with van der Waals surface area (Å²) >= 11 is 0. The number of rotatable bonds is 8. The fraction of sp³-hybridized carbons (Fsp3) is 0.533. The third-order valence-corrected chi connectivity index (χ3v) is 3.03. The average Bonchev–Trinajstić information content (AvgIpc) is 2.49. The van der Waals surface area contributed by atoms with E-state index in [9.17, 15) is 4.79 Å². The topological polar surface area (TPSA) is 59.6 Å². The molecule has 1 atom stereocenters. The molecule has 0 radical (unpaired) electrons. The maximum Gasteiger partial charge on any atom is 0.236 e. The van der Waals surface area contributed by atoms with Gasteiger partial charge in [0, 0.05) is 18.7 Å². The number of benzene rings is 1. The molecule has 2 N–H and O–H groups in total. The van der Waals surface area contributed by atoms with Gasteiger partial charge >= 0.3 is 0 Å². The molecule has 0 saturated heterocycles. The van der Waals surface area contributed by atoms with Gasteiger partial charge in [0.25, 0.3) is 0 Å². The van der Waals surface area contributed by atoms with E-state index in [1.165, 1.54) is 0 Å². The standard InChI is InChI=1S/C15H24N2O3/c1-5-9-16-15(18)11(2)17-10-12-7-6-8-13(19-3)14(12)20-4/h6-8,11,17H,5,9-10H2,1-4H3,(H,16,18). The molecule has 0 aliphatic rings. The molecule has 112 valence electrons. The molecule has 0 aromatic heterocycles. The first kappa shape index (κ1) is 16.3. The minimum atomic E-state index is -0.252. The highest BCUT2D eigenvalue weighted by atomic mass is 16.5. The van der Waals surface area contributed by atoms with Crippen molar-refractivity contribution in [1.82, 2.24) is 10.6 Å². The zero-order valence-electron chi connectivity index (χ0n) is 12.7. The number of nitrogens with one attached hydrogen (secondary N) is 2. The first-order chi connectivity index (χ1) is 9.63. The van der Waals surface area contributed by atoms with Gasteiger partial charge in [-0.1, -0.05) is 19.1 Å². The van der Waals surface area contributed by atoms with E-state index in [2.05, 4.69) is 10.6 Å². The van der Waals surface area contributed by atoms with Crippen LogP contribution in [-0.4, -0.2) is 32.7 Å². The number of hydrogen-bond acceptors (Lipinski definition) is 4. The van der Waals surface area contributed by atoms with Crippen LogP contribution in [0.15, 0.2) is 18.2 Å². The van der Waals surface area contributed by atoms with Gasteiger partial charge in [-0.3, -0.25) is 4.79 Å². The molecular weight excluding hydrogens is 256 g/mol. The molecule has 0 saturated carbocycles. The number of ether oxygens (including phenoxy) is 2. The van der Waals surface area contributed by atoms with Crippen molar-refractivity contribution in [1.29, 1.82) is 0 Å². The van der Waals surface area contributed by atoms with Crippen LogP contribution in [0.4, 0.5) is 0 Å². The second kappa shape index (κ2) is 8.43. The summed E-state index contributed by atoms with van der Waals surface area (Å²) in [6, 6.07) is 5.45. The third-order valence-electron chi connectivity index (χ3n) is 3.03. The lowest BCUT2D eigenvalue weighted by Gasteiger charge is -2.16. The van der Waals surface area contributed by atoms with Crippen LogP contribution in [0.25, 0.3) is 0 Å². The molecule has 5 nitrogen and oxygen atoms in total. The Bertz CT molecular complexity index is 435. The molecule has 1 aromatic carbocycles. The van der Waals surface area contributed by atoms with Crippen molar-refractivity contribution in [2.45, 2.75) is 32.9 Å². The van der Waals surface area contributed by atoms with Crippen molar-refractivity contribution in [3.05, 3.63) is 23.8 Å². The highest BCUT2D eigenvalue weighted by molar-refractivity contribution is 5.81. The van der Waals surface area contributed by atoms with E-state index in [0.717, 1.165) is 12.0 Å². The lowest BCUT2D eigenvalue weighted by molar-refractivity contribution is -0.122. The minimum Gasteiger partial charge on any atom is -0.493 e. The number of carbonyl (C=O) groups excluding carboxylic acids is 1. The Morgan fingerprint density at radius 1 is 1.30 bits per heavy atom. The van der Waals surface area contributed by atoms with Gasteiger partial charge in [-0.15, -0.1) is 0 Å². The number of amides is 1. The van der Waals surface area contributed by atoms with Crippen LogP contribution < -0.4 is 20.1 Å². The molecule has 0 heterocycles. The highest BCUT2D eigenvalue weighted by Crippen LogP contribution is 2.30. The summed E-state index contributed by atoms with van der Waals surface area (Å²) in [5, 5.41) is 6.05. The van der Waals surface area contributed by atoms with E-state index in [0.29, 0.717) is 24.6 Å². The van der Waals surface area contributed by atoms with E-state index in [4.69, 9.17) is 9.47 Å². The van der Waals surface area contributed by atoms with Crippen molar-refractivity contribution >= 4 is 5.91 Å². The summed E-state index contributed by atoms with van der Waals surface area (Å²) in [5.41, 5.74) is 0.960. The van der Waals surface area contributed by atoms with Crippen LogP contribution in [0.5, 0.6) is 11.5 Å². The lowest BCUT2D eigenvalue weighted by Crippen LogP contribution is -2.42. The third kappa shape index (κ3) is 4.42. The summed E-state index contributed by atoms with van der Waals surface area (Å²) < 4.78 is 10.6. The van der Waals surface area contributed by atoms with E-state index < -0.39 is 0 Å². The summed E-state index contributed by atoms with van der Waals surface area (Å²) in [6.07, 6.45) is 0.933. The molecule has 1 unspecified atom stereocenters. The van der Waals surface area contributed by atoms with E-state index in [1.807, 2.05) is 32.0 Å².